The van der Waals surface area contributed by atoms with E-state index in [1.807, 2.05) is 6.07 Å². The summed E-state index contributed by atoms with van der Waals surface area (Å²) in [6, 6.07) is 14.7. The number of imidazole rings is 1. The van der Waals surface area contributed by atoms with Gasteiger partial charge < -0.3 is 20.1 Å². The maximum atomic E-state index is 12.8. The molecule has 1 atom stereocenters. The number of nitrogens with zero attached hydrogens (tertiary/aromatic N) is 2. The van der Waals surface area contributed by atoms with Crippen LogP contribution in [-0.2, 0) is 32.7 Å². The van der Waals surface area contributed by atoms with E-state index in [1.54, 1.807) is 62.5 Å². The van der Waals surface area contributed by atoms with Gasteiger partial charge in [0.2, 0.25) is 0 Å². The molecule has 4 rings (SSSR count). The van der Waals surface area contributed by atoms with Crippen LogP contribution >= 0.6 is 0 Å². The molecule has 2 heterocycles. The van der Waals surface area contributed by atoms with Crippen molar-refractivity contribution in [2.45, 2.75) is 19.5 Å². The third-order valence-electron chi connectivity index (χ3n) is 5.50. The zero-order chi connectivity index (χ0) is 24.2. The Bertz CT molecular complexity index is 1340. The molecule has 0 saturated heterocycles. The standard InChI is InChI=1S/C24H24N4O6/c1-3-33-22(30)20-16(25-23(31)26-21(20)15-9-5-4-6-10-15)14-34-19(29)13-28-18-12-8-7-11-17(18)27(2)24(28)32/h4-12,21H,3,13-14H2,1-2H3,(H2,25,26,31). The Morgan fingerprint density at radius 1 is 0.971 bits per heavy atom. The second kappa shape index (κ2) is 9.65. The number of para-hydroxylation sites is 2. The molecule has 1 unspecified atom stereocenters. The van der Waals surface area contributed by atoms with Crippen LogP contribution in [0.25, 0.3) is 11.0 Å². The molecule has 0 saturated carbocycles. The zero-order valence-corrected chi connectivity index (χ0v) is 18.7. The number of nitrogens with one attached hydrogen (secondary N) is 2. The van der Waals surface area contributed by atoms with Gasteiger partial charge in [-0.15, -0.1) is 0 Å². The maximum absolute atomic E-state index is 12.8. The number of urea groups is 1. The molecule has 176 valence electrons. The Morgan fingerprint density at radius 2 is 1.65 bits per heavy atom. The zero-order valence-electron chi connectivity index (χ0n) is 18.7. The number of carbonyl (C=O) groups is 3. The van der Waals surface area contributed by atoms with Gasteiger partial charge in [0, 0.05) is 7.05 Å². The summed E-state index contributed by atoms with van der Waals surface area (Å²) in [7, 11) is 1.62. The van der Waals surface area contributed by atoms with Crippen molar-refractivity contribution in [3.8, 4) is 0 Å². The number of hydrogen-bond acceptors (Lipinski definition) is 6. The molecular weight excluding hydrogens is 440 g/mol. The molecule has 1 aliphatic heterocycles. The normalized spacial score (nSPS) is 15.6. The lowest BCUT2D eigenvalue weighted by atomic mass is 9.95. The summed E-state index contributed by atoms with van der Waals surface area (Å²) in [5, 5.41) is 5.26. The van der Waals surface area contributed by atoms with E-state index < -0.39 is 24.0 Å². The van der Waals surface area contributed by atoms with Gasteiger partial charge in [0.1, 0.15) is 13.2 Å². The first-order valence-corrected chi connectivity index (χ1v) is 10.7. The fourth-order valence-corrected chi connectivity index (χ4v) is 3.92. The van der Waals surface area contributed by atoms with Crippen molar-refractivity contribution in [1.82, 2.24) is 19.8 Å². The summed E-state index contributed by atoms with van der Waals surface area (Å²) in [4.78, 5) is 50.3. The second-order valence-corrected chi connectivity index (χ2v) is 7.63. The lowest BCUT2D eigenvalue weighted by Crippen LogP contribution is -2.47. The number of amides is 2. The van der Waals surface area contributed by atoms with Crippen molar-refractivity contribution in [1.29, 1.82) is 0 Å². The highest BCUT2D eigenvalue weighted by Crippen LogP contribution is 2.27. The van der Waals surface area contributed by atoms with Crippen LogP contribution in [0.1, 0.15) is 18.5 Å². The molecule has 2 amide bonds. The van der Waals surface area contributed by atoms with Gasteiger partial charge in [0.25, 0.3) is 0 Å². The minimum atomic E-state index is -0.775. The van der Waals surface area contributed by atoms with Crippen molar-refractivity contribution in [3.05, 3.63) is 81.9 Å². The number of aryl methyl sites for hydroxylation is 1. The van der Waals surface area contributed by atoms with E-state index in [4.69, 9.17) is 9.47 Å². The van der Waals surface area contributed by atoms with E-state index in [1.165, 1.54) is 9.13 Å². The van der Waals surface area contributed by atoms with Crippen molar-refractivity contribution >= 4 is 29.0 Å². The fraction of sp³-hybridized carbons (Fsp3) is 0.250. The Balaban J connectivity index is 1.60. The summed E-state index contributed by atoms with van der Waals surface area (Å²) in [6.45, 7) is 1.11. The van der Waals surface area contributed by atoms with Gasteiger partial charge in [0.15, 0.2) is 0 Å². The number of benzene rings is 2. The number of rotatable bonds is 7. The van der Waals surface area contributed by atoms with E-state index in [0.29, 0.717) is 16.6 Å². The monoisotopic (exact) mass is 464 g/mol. The quantitative estimate of drug-likeness (QED) is 0.514. The molecule has 2 aromatic carbocycles. The van der Waals surface area contributed by atoms with Crippen molar-refractivity contribution in [2.75, 3.05) is 13.2 Å². The summed E-state index contributed by atoms with van der Waals surface area (Å²) in [5.74, 6) is -1.33. The predicted octanol–water partition coefficient (Wildman–Crippen LogP) is 1.75. The average molecular weight is 464 g/mol. The van der Waals surface area contributed by atoms with Crippen LogP contribution in [0.3, 0.4) is 0 Å². The molecule has 10 heteroatoms. The first kappa shape index (κ1) is 22.8. The van der Waals surface area contributed by atoms with Crippen molar-refractivity contribution in [3.63, 3.8) is 0 Å². The van der Waals surface area contributed by atoms with E-state index in [-0.39, 0.29) is 36.7 Å². The van der Waals surface area contributed by atoms with Crippen LogP contribution in [-0.4, -0.2) is 40.3 Å². The molecule has 0 fully saturated rings. The molecule has 2 N–H and O–H groups in total. The largest absolute Gasteiger partial charge is 0.463 e. The highest BCUT2D eigenvalue weighted by molar-refractivity contribution is 5.95. The minimum Gasteiger partial charge on any atom is -0.463 e. The van der Waals surface area contributed by atoms with Crippen LogP contribution in [0.5, 0.6) is 0 Å². The Morgan fingerprint density at radius 3 is 2.35 bits per heavy atom. The SMILES string of the molecule is CCOC(=O)C1=C(COC(=O)Cn2c(=O)n(C)c3ccccc32)NC(=O)NC1c1ccccc1. The number of ether oxygens (including phenoxy) is 2. The molecule has 0 radical (unpaired) electrons. The first-order chi connectivity index (χ1) is 16.4. The molecule has 1 aliphatic rings. The van der Waals surface area contributed by atoms with Gasteiger partial charge >= 0.3 is 23.7 Å². The van der Waals surface area contributed by atoms with E-state index in [9.17, 15) is 19.2 Å². The van der Waals surface area contributed by atoms with Gasteiger partial charge in [-0.25, -0.2) is 14.4 Å². The molecule has 0 bridgehead atoms. The lowest BCUT2D eigenvalue weighted by Gasteiger charge is -2.29. The predicted molar refractivity (Wildman–Crippen MR) is 123 cm³/mol. The van der Waals surface area contributed by atoms with Crippen LogP contribution < -0.4 is 16.3 Å². The van der Waals surface area contributed by atoms with Gasteiger partial charge in [-0.1, -0.05) is 42.5 Å². The third-order valence-corrected chi connectivity index (χ3v) is 5.50. The highest BCUT2D eigenvalue weighted by Gasteiger charge is 2.34. The number of aromatic nitrogens is 2. The Kier molecular flexibility index (Phi) is 6.48. The molecular formula is C24H24N4O6. The summed E-state index contributed by atoms with van der Waals surface area (Å²) < 4.78 is 13.3. The second-order valence-electron chi connectivity index (χ2n) is 7.63. The Labute approximate surface area is 194 Å². The van der Waals surface area contributed by atoms with E-state index >= 15 is 0 Å². The van der Waals surface area contributed by atoms with Crippen molar-refractivity contribution < 1.29 is 23.9 Å². The van der Waals surface area contributed by atoms with Gasteiger partial charge in [-0.05, 0) is 24.6 Å². The number of carbonyl (C=O) groups excluding carboxylic acids is 3. The number of hydrogen-bond donors (Lipinski definition) is 2. The summed E-state index contributed by atoms with van der Waals surface area (Å²) >= 11 is 0. The maximum Gasteiger partial charge on any atom is 0.338 e. The molecule has 10 nitrogen and oxygen atoms in total. The molecule has 0 spiro atoms. The topological polar surface area (TPSA) is 121 Å². The van der Waals surface area contributed by atoms with Gasteiger partial charge in [0.05, 0.1) is 35.0 Å². The molecule has 1 aromatic heterocycles. The lowest BCUT2D eigenvalue weighted by molar-refractivity contribution is -0.144. The summed E-state index contributed by atoms with van der Waals surface area (Å²) in [5.41, 5.74) is 1.86. The average Bonchev–Trinajstić information content (AvgIpc) is 3.08. The van der Waals surface area contributed by atoms with Crippen LogP contribution in [0.2, 0.25) is 0 Å². The highest BCUT2D eigenvalue weighted by atomic mass is 16.5. The Hall–Kier alpha value is -4.34. The smallest absolute Gasteiger partial charge is 0.338 e. The van der Waals surface area contributed by atoms with Gasteiger partial charge in [-0.3, -0.25) is 13.9 Å². The van der Waals surface area contributed by atoms with Crippen LogP contribution in [0, 0.1) is 0 Å². The van der Waals surface area contributed by atoms with Gasteiger partial charge in [-0.2, -0.15) is 0 Å². The molecule has 34 heavy (non-hydrogen) atoms. The van der Waals surface area contributed by atoms with E-state index in [2.05, 4.69) is 10.6 Å². The molecule has 0 aliphatic carbocycles. The van der Waals surface area contributed by atoms with Crippen LogP contribution in [0.15, 0.2) is 70.7 Å². The van der Waals surface area contributed by atoms with Crippen LogP contribution in [0.4, 0.5) is 4.79 Å². The minimum absolute atomic E-state index is 0.120. The third kappa shape index (κ3) is 4.42. The fourth-order valence-electron chi connectivity index (χ4n) is 3.92. The summed E-state index contributed by atoms with van der Waals surface area (Å²) in [6.07, 6.45) is 0. The van der Waals surface area contributed by atoms with E-state index in [0.717, 1.165) is 0 Å². The molecule has 3 aromatic rings. The first-order valence-electron chi connectivity index (χ1n) is 10.7. The number of esters is 2. The number of fused-ring (bicyclic) bond motifs is 1. The van der Waals surface area contributed by atoms with Crippen molar-refractivity contribution in [2.24, 2.45) is 7.05 Å².